The standard InChI is InChI=1S/C37H40Cl2N4O7/c1-5-6-29(33(44)41-21-28(35(46)47)42-36(48)50-37(2,3)4)43-31(24-11-15-26(38)16-12-24)32(25-13-17-27(39)18-14-25)49-30(34(43)45)19-22-7-9-23(20-40)10-8-22/h7-18,28-32H,5-6,19,21H2,1-4H3,(H,41,44)(H,42,48)(H,46,47)/t28-,29-,30+,31-,32+/m1/s1. The molecule has 1 saturated heterocycles. The summed E-state index contributed by atoms with van der Waals surface area (Å²) >= 11 is 12.5. The molecular weight excluding hydrogens is 683 g/mol. The van der Waals surface area contributed by atoms with Crippen molar-refractivity contribution in [2.45, 2.75) is 82.9 Å². The third-order valence-electron chi connectivity index (χ3n) is 8.01. The van der Waals surface area contributed by atoms with Crippen LogP contribution in [0.15, 0.2) is 72.8 Å². The number of carboxylic acid groups (broad SMARTS) is 1. The van der Waals surface area contributed by atoms with Crippen molar-refractivity contribution in [3.63, 3.8) is 0 Å². The number of carbonyl (C=O) groups excluding carboxylic acids is 3. The second kappa shape index (κ2) is 16.9. The molecule has 0 aliphatic carbocycles. The number of alkyl carbamates (subject to hydrolysis) is 1. The SMILES string of the molecule is CCC[C@H](C(=O)NC[C@@H](NC(=O)OC(C)(C)C)C(=O)O)N1C(=O)[C@H](Cc2ccc(C#N)cc2)O[C@@H](c2ccc(Cl)cc2)[C@H]1c1ccc(Cl)cc1. The van der Waals surface area contributed by atoms with Crippen LogP contribution in [0.3, 0.4) is 0 Å². The van der Waals surface area contributed by atoms with Crippen LogP contribution in [-0.2, 0) is 30.3 Å². The van der Waals surface area contributed by atoms with Gasteiger partial charge in [0, 0.05) is 23.0 Å². The lowest BCUT2D eigenvalue weighted by Gasteiger charge is -2.47. The van der Waals surface area contributed by atoms with Crippen molar-refractivity contribution in [1.29, 1.82) is 5.26 Å². The monoisotopic (exact) mass is 722 g/mol. The van der Waals surface area contributed by atoms with E-state index in [2.05, 4.69) is 16.7 Å². The highest BCUT2D eigenvalue weighted by atomic mass is 35.5. The molecule has 264 valence electrons. The molecule has 0 aromatic heterocycles. The lowest BCUT2D eigenvalue weighted by molar-refractivity contribution is -0.181. The normalized spacial score (nSPS) is 18.8. The van der Waals surface area contributed by atoms with Crippen LogP contribution in [-0.4, -0.2) is 64.2 Å². The Morgan fingerprint density at radius 3 is 2.08 bits per heavy atom. The molecule has 1 aliphatic heterocycles. The van der Waals surface area contributed by atoms with Gasteiger partial charge in [-0.15, -0.1) is 0 Å². The number of nitrogens with zero attached hydrogens (tertiary/aromatic N) is 2. The number of halogens is 2. The molecule has 3 aromatic carbocycles. The van der Waals surface area contributed by atoms with E-state index in [0.29, 0.717) is 33.2 Å². The Morgan fingerprint density at radius 1 is 0.980 bits per heavy atom. The minimum absolute atomic E-state index is 0.153. The van der Waals surface area contributed by atoms with Crippen LogP contribution in [0.2, 0.25) is 10.0 Å². The molecular formula is C37H40Cl2N4O7. The maximum atomic E-state index is 14.6. The molecule has 1 aliphatic rings. The van der Waals surface area contributed by atoms with Gasteiger partial charge in [-0.2, -0.15) is 5.26 Å². The summed E-state index contributed by atoms with van der Waals surface area (Å²) in [7, 11) is 0. The number of morpholine rings is 1. The number of carboxylic acids is 1. The van der Waals surface area contributed by atoms with Gasteiger partial charge in [0.2, 0.25) is 5.91 Å². The molecule has 1 heterocycles. The van der Waals surface area contributed by atoms with E-state index in [1.165, 1.54) is 4.90 Å². The van der Waals surface area contributed by atoms with Crippen LogP contribution in [0.25, 0.3) is 0 Å². The first-order chi connectivity index (χ1) is 23.7. The van der Waals surface area contributed by atoms with Crippen LogP contribution < -0.4 is 10.6 Å². The Balaban J connectivity index is 1.75. The van der Waals surface area contributed by atoms with Crippen molar-refractivity contribution in [3.05, 3.63) is 105 Å². The Labute approximate surface area is 301 Å². The number of ether oxygens (including phenoxy) is 2. The minimum atomic E-state index is -1.51. The van der Waals surface area contributed by atoms with E-state index < -0.39 is 66.4 Å². The Bertz CT molecular complexity index is 1700. The molecule has 4 rings (SSSR count). The summed E-state index contributed by atoms with van der Waals surface area (Å²) in [4.78, 5) is 54.7. The van der Waals surface area contributed by atoms with Gasteiger partial charge in [0.15, 0.2) is 0 Å². The van der Waals surface area contributed by atoms with Gasteiger partial charge in [0.1, 0.15) is 29.9 Å². The fourth-order valence-electron chi connectivity index (χ4n) is 5.72. The molecule has 1 fully saturated rings. The van der Waals surface area contributed by atoms with Crippen molar-refractivity contribution < 1.29 is 33.8 Å². The fraction of sp³-hybridized carbons (Fsp3) is 0.378. The van der Waals surface area contributed by atoms with Crippen molar-refractivity contribution >= 4 is 47.1 Å². The number of amides is 3. The summed E-state index contributed by atoms with van der Waals surface area (Å²) in [6.45, 7) is 6.33. The largest absolute Gasteiger partial charge is 0.480 e. The van der Waals surface area contributed by atoms with E-state index in [0.717, 1.165) is 5.56 Å². The molecule has 0 spiro atoms. The number of rotatable bonds is 12. The van der Waals surface area contributed by atoms with Gasteiger partial charge in [-0.3, -0.25) is 9.59 Å². The second-order valence-corrected chi connectivity index (χ2v) is 13.8. The maximum absolute atomic E-state index is 14.6. The Morgan fingerprint density at radius 2 is 1.56 bits per heavy atom. The van der Waals surface area contributed by atoms with Crippen molar-refractivity contribution in [3.8, 4) is 6.07 Å². The number of benzene rings is 3. The molecule has 0 saturated carbocycles. The first-order valence-corrected chi connectivity index (χ1v) is 16.9. The molecule has 5 atom stereocenters. The molecule has 13 heteroatoms. The summed E-state index contributed by atoms with van der Waals surface area (Å²) in [6.07, 6.45) is -1.86. The highest BCUT2D eigenvalue weighted by Gasteiger charge is 2.48. The van der Waals surface area contributed by atoms with Crippen molar-refractivity contribution in [1.82, 2.24) is 15.5 Å². The van der Waals surface area contributed by atoms with E-state index in [-0.39, 0.29) is 12.8 Å². The molecule has 0 bridgehead atoms. The number of nitrogens with one attached hydrogen (secondary N) is 2. The van der Waals surface area contributed by atoms with E-state index in [9.17, 15) is 29.5 Å². The molecule has 50 heavy (non-hydrogen) atoms. The molecule has 0 unspecified atom stereocenters. The van der Waals surface area contributed by atoms with Gasteiger partial charge in [0.05, 0.1) is 17.7 Å². The lowest BCUT2D eigenvalue weighted by Crippen LogP contribution is -2.60. The molecule has 3 amide bonds. The van der Waals surface area contributed by atoms with Crippen LogP contribution in [0, 0.1) is 11.3 Å². The van der Waals surface area contributed by atoms with Gasteiger partial charge in [-0.05, 0) is 80.3 Å². The Kier molecular flexibility index (Phi) is 12.9. The first kappa shape index (κ1) is 38.2. The zero-order valence-corrected chi connectivity index (χ0v) is 29.7. The zero-order chi connectivity index (χ0) is 36.6. The Hall–Kier alpha value is -4.63. The molecule has 3 aromatic rings. The van der Waals surface area contributed by atoms with E-state index in [1.54, 1.807) is 93.6 Å². The number of hydrogen-bond donors (Lipinski definition) is 3. The van der Waals surface area contributed by atoms with Gasteiger partial charge in [-0.1, -0.05) is 72.9 Å². The quantitative estimate of drug-likeness (QED) is 0.194. The van der Waals surface area contributed by atoms with Crippen LogP contribution in [0.4, 0.5) is 4.79 Å². The fourth-order valence-corrected chi connectivity index (χ4v) is 5.97. The smallest absolute Gasteiger partial charge is 0.408 e. The van der Waals surface area contributed by atoms with Gasteiger partial charge >= 0.3 is 12.1 Å². The summed E-state index contributed by atoms with van der Waals surface area (Å²) in [5, 5.41) is 25.0. The van der Waals surface area contributed by atoms with Gasteiger partial charge < -0.3 is 30.1 Å². The van der Waals surface area contributed by atoms with Crippen molar-refractivity contribution in [2.24, 2.45) is 0 Å². The predicted octanol–water partition coefficient (Wildman–Crippen LogP) is 6.38. The van der Waals surface area contributed by atoms with Crippen LogP contribution in [0.1, 0.15) is 74.9 Å². The molecule has 3 N–H and O–H groups in total. The highest BCUT2D eigenvalue weighted by molar-refractivity contribution is 6.30. The van der Waals surface area contributed by atoms with E-state index in [1.807, 2.05) is 6.92 Å². The lowest BCUT2D eigenvalue weighted by atomic mass is 9.88. The number of aliphatic carboxylic acids is 1. The summed E-state index contributed by atoms with van der Waals surface area (Å²) in [5.41, 5.74) is 1.71. The van der Waals surface area contributed by atoms with Crippen LogP contribution >= 0.6 is 23.2 Å². The number of hydrogen-bond acceptors (Lipinski definition) is 7. The topological polar surface area (TPSA) is 158 Å². The van der Waals surface area contributed by atoms with Crippen LogP contribution in [0.5, 0.6) is 0 Å². The van der Waals surface area contributed by atoms with Crippen molar-refractivity contribution in [2.75, 3.05) is 6.54 Å². The zero-order valence-electron chi connectivity index (χ0n) is 28.2. The molecule has 11 nitrogen and oxygen atoms in total. The van der Waals surface area contributed by atoms with Gasteiger partial charge in [0.25, 0.3) is 5.91 Å². The third-order valence-corrected chi connectivity index (χ3v) is 8.52. The maximum Gasteiger partial charge on any atom is 0.408 e. The van der Waals surface area contributed by atoms with E-state index >= 15 is 0 Å². The average Bonchev–Trinajstić information content (AvgIpc) is 3.06. The predicted molar refractivity (Wildman–Crippen MR) is 187 cm³/mol. The second-order valence-electron chi connectivity index (χ2n) is 12.9. The third kappa shape index (κ3) is 9.97. The highest BCUT2D eigenvalue weighted by Crippen LogP contribution is 2.44. The minimum Gasteiger partial charge on any atom is -0.480 e. The number of carbonyl (C=O) groups is 4. The first-order valence-electron chi connectivity index (χ1n) is 16.2. The summed E-state index contributed by atoms with van der Waals surface area (Å²) in [5.74, 6) is -2.44. The van der Waals surface area contributed by atoms with E-state index in [4.69, 9.17) is 32.7 Å². The summed E-state index contributed by atoms with van der Waals surface area (Å²) in [6, 6.07) is 19.5. The summed E-state index contributed by atoms with van der Waals surface area (Å²) < 4.78 is 11.8. The van der Waals surface area contributed by atoms with Gasteiger partial charge in [-0.25, -0.2) is 9.59 Å². The average molecular weight is 724 g/mol. The molecule has 0 radical (unpaired) electrons. The number of nitriles is 1.